The van der Waals surface area contributed by atoms with Crippen molar-refractivity contribution < 1.29 is 23.1 Å². The molecule has 0 bridgehead atoms. The number of piperidine rings is 1. The van der Waals surface area contributed by atoms with Crippen LogP contribution in [-0.4, -0.2) is 40.6 Å². The molecule has 1 saturated heterocycles. The number of fused-ring (bicyclic) bond motifs is 3. The molecule has 0 spiro atoms. The van der Waals surface area contributed by atoms with E-state index in [0.717, 1.165) is 12.8 Å². The molecule has 3 nitrogen and oxygen atoms in total. The van der Waals surface area contributed by atoms with Crippen LogP contribution in [0.3, 0.4) is 0 Å². The van der Waals surface area contributed by atoms with Crippen molar-refractivity contribution in [1.82, 2.24) is 4.90 Å². The third-order valence-corrected chi connectivity index (χ3v) is 5.68. The van der Waals surface area contributed by atoms with Crippen LogP contribution in [0, 0.1) is 0 Å². The van der Waals surface area contributed by atoms with E-state index in [2.05, 4.69) is 0 Å². The number of nitrogens with zero attached hydrogens (tertiary/aromatic N) is 1. The first-order valence-corrected chi connectivity index (χ1v) is 9.14. The van der Waals surface area contributed by atoms with Crippen LogP contribution >= 0.6 is 11.6 Å². The minimum atomic E-state index is -4.91. The van der Waals surface area contributed by atoms with Crippen LogP contribution in [0.1, 0.15) is 34.3 Å². The van der Waals surface area contributed by atoms with E-state index in [1.165, 1.54) is 30.3 Å². The molecular formula is C20H17ClF3NO2. The molecule has 2 unspecified atom stereocenters. The summed E-state index contributed by atoms with van der Waals surface area (Å²) in [6.07, 6.45) is -3.36. The Morgan fingerprint density at radius 3 is 2.56 bits per heavy atom. The molecule has 2 aromatic rings. The molecular weight excluding hydrogens is 379 g/mol. The van der Waals surface area contributed by atoms with Gasteiger partial charge in [0, 0.05) is 29.8 Å². The highest BCUT2D eigenvalue weighted by atomic mass is 35.5. The molecule has 0 aromatic heterocycles. The normalized spacial score (nSPS) is 24.5. The van der Waals surface area contributed by atoms with Crippen LogP contribution in [0.4, 0.5) is 13.2 Å². The van der Waals surface area contributed by atoms with Gasteiger partial charge < -0.3 is 10.0 Å². The Bertz CT molecular complexity index is 914. The molecule has 1 fully saturated rings. The van der Waals surface area contributed by atoms with Crippen molar-refractivity contribution in [1.29, 1.82) is 0 Å². The molecule has 1 aliphatic heterocycles. The van der Waals surface area contributed by atoms with Crippen LogP contribution in [0.2, 0.25) is 0 Å². The molecule has 0 radical (unpaired) electrons. The van der Waals surface area contributed by atoms with E-state index in [1.54, 1.807) is 17.0 Å². The first-order valence-electron chi connectivity index (χ1n) is 8.70. The number of carbonyl (C=O) groups is 1. The molecule has 1 amide bonds. The SMILES string of the molecule is O=C(c1ccc2c(c1)C(O)(C(F)(F)F)c1ccccc1-2)N1CCCC(Cl)C1. The summed E-state index contributed by atoms with van der Waals surface area (Å²) < 4.78 is 41.6. The molecule has 2 aliphatic rings. The Morgan fingerprint density at radius 1 is 1.15 bits per heavy atom. The van der Waals surface area contributed by atoms with Crippen LogP contribution < -0.4 is 0 Å². The van der Waals surface area contributed by atoms with Gasteiger partial charge in [-0.05, 0) is 36.1 Å². The van der Waals surface area contributed by atoms with Crippen molar-refractivity contribution in [2.45, 2.75) is 30.0 Å². The standard InChI is InChI=1S/C20H17ClF3NO2/c21-13-4-3-9-25(11-13)18(26)12-7-8-15-14-5-1-2-6-16(14)19(27,17(15)10-12)20(22,23)24/h1-2,5-8,10,13,27H,3-4,9,11H2. The van der Waals surface area contributed by atoms with Gasteiger partial charge in [0.15, 0.2) is 0 Å². The molecule has 4 rings (SSSR count). The molecule has 2 aromatic carbocycles. The lowest BCUT2D eigenvalue weighted by Gasteiger charge is -2.31. The Balaban J connectivity index is 1.81. The van der Waals surface area contributed by atoms with Crippen molar-refractivity contribution in [3.05, 3.63) is 59.2 Å². The second kappa shape index (κ2) is 6.24. The van der Waals surface area contributed by atoms with Crippen molar-refractivity contribution >= 4 is 17.5 Å². The van der Waals surface area contributed by atoms with E-state index in [9.17, 15) is 23.1 Å². The van der Waals surface area contributed by atoms with Gasteiger partial charge in [0.1, 0.15) is 0 Å². The Hall–Kier alpha value is -2.05. The van der Waals surface area contributed by atoms with Gasteiger partial charge in [0.05, 0.1) is 5.38 Å². The first-order chi connectivity index (χ1) is 12.7. The van der Waals surface area contributed by atoms with Crippen LogP contribution in [-0.2, 0) is 5.60 Å². The van der Waals surface area contributed by atoms with E-state index in [0.29, 0.717) is 18.7 Å². The third-order valence-electron chi connectivity index (χ3n) is 5.32. The van der Waals surface area contributed by atoms with Gasteiger partial charge >= 0.3 is 6.18 Å². The predicted octanol–water partition coefficient (Wildman–Crippen LogP) is 4.31. The number of amides is 1. The van der Waals surface area contributed by atoms with E-state index in [1.807, 2.05) is 0 Å². The zero-order chi connectivity index (χ0) is 19.4. The van der Waals surface area contributed by atoms with Crippen LogP contribution in [0.15, 0.2) is 42.5 Å². The van der Waals surface area contributed by atoms with Gasteiger partial charge in [-0.2, -0.15) is 13.2 Å². The quantitative estimate of drug-likeness (QED) is 0.731. The Morgan fingerprint density at radius 2 is 1.85 bits per heavy atom. The molecule has 7 heteroatoms. The van der Waals surface area contributed by atoms with E-state index >= 15 is 0 Å². The molecule has 1 heterocycles. The molecule has 0 saturated carbocycles. The maximum Gasteiger partial charge on any atom is 0.425 e. The van der Waals surface area contributed by atoms with Gasteiger partial charge in [-0.1, -0.05) is 30.3 Å². The monoisotopic (exact) mass is 395 g/mol. The highest BCUT2D eigenvalue weighted by Crippen LogP contribution is 2.55. The van der Waals surface area contributed by atoms with Crippen molar-refractivity contribution in [3.63, 3.8) is 0 Å². The van der Waals surface area contributed by atoms with Gasteiger partial charge in [-0.3, -0.25) is 4.79 Å². The van der Waals surface area contributed by atoms with Crippen LogP contribution in [0.5, 0.6) is 0 Å². The number of benzene rings is 2. The summed E-state index contributed by atoms with van der Waals surface area (Å²) in [5.41, 5.74) is -2.92. The van der Waals surface area contributed by atoms with E-state index in [4.69, 9.17) is 11.6 Å². The van der Waals surface area contributed by atoms with E-state index in [-0.39, 0.29) is 33.5 Å². The average molecular weight is 396 g/mol. The molecule has 142 valence electrons. The fourth-order valence-electron chi connectivity index (χ4n) is 3.99. The summed E-state index contributed by atoms with van der Waals surface area (Å²) in [6, 6.07) is 10.1. The van der Waals surface area contributed by atoms with Crippen LogP contribution in [0.25, 0.3) is 11.1 Å². The fourth-order valence-corrected chi connectivity index (χ4v) is 4.31. The Kier molecular flexibility index (Phi) is 4.24. The van der Waals surface area contributed by atoms with Gasteiger partial charge in [0.2, 0.25) is 5.60 Å². The number of hydrogen-bond acceptors (Lipinski definition) is 2. The summed E-state index contributed by atoms with van der Waals surface area (Å²) in [7, 11) is 0. The first kappa shape index (κ1) is 18.3. The fraction of sp³-hybridized carbons (Fsp3) is 0.350. The van der Waals surface area contributed by atoms with Crippen molar-refractivity contribution in [3.8, 4) is 11.1 Å². The maximum atomic E-state index is 13.9. The second-order valence-electron chi connectivity index (χ2n) is 7.00. The number of hydrogen-bond donors (Lipinski definition) is 1. The number of halogens is 4. The van der Waals surface area contributed by atoms with Crippen molar-refractivity contribution in [2.24, 2.45) is 0 Å². The number of rotatable bonds is 1. The maximum absolute atomic E-state index is 13.9. The predicted molar refractivity (Wildman–Crippen MR) is 95.7 cm³/mol. The summed E-state index contributed by atoms with van der Waals surface area (Å²) in [5, 5.41) is 10.6. The number of carbonyl (C=O) groups excluding carboxylic acids is 1. The number of likely N-dealkylation sites (tertiary alicyclic amines) is 1. The smallest absolute Gasteiger partial charge is 0.372 e. The largest absolute Gasteiger partial charge is 0.425 e. The second-order valence-corrected chi connectivity index (χ2v) is 7.62. The lowest BCUT2D eigenvalue weighted by atomic mass is 9.89. The molecule has 1 N–H and O–H groups in total. The van der Waals surface area contributed by atoms with E-state index < -0.39 is 11.8 Å². The zero-order valence-electron chi connectivity index (χ0n) is 14.3. The van der Waals surface area contributed by atoms with Gasteiger partial charge in [-0.15, -0.1) is 11.6 Å². The molecule has 1 aliphatic carbocycles. The van der Waals surface area contributed by atoms with Gasteiger partial charge in [0.25, 0.3) is 5.91 Å². The number of aliphatic hydroxyl groups is 1. The summed E-state index contributed by atoms with van der Waals surface area (Å²) in [5.74, 6) is -0.372. The highest BCUT2D eigenvalue weighted by Gasteiger charge is 2.60. The minimum absolute atomic E-state index is 0.120. The topological polar surface area (TPSA) is 40.5 Å². The Labute approximate surface area is 159 Å². The lowest BCUT2D eigenvalue weighted by molar-refractivity contribution is -0.246. The highest BCUT2D eigenvalue weighted by molar-refractivity contribution is 6.21. The number of alkyl halides is 4. The third kappa shape index (κ3) is 2.74. The minimum Gasteiger partial charge on any atom is -0.372 e. The summed E-state index contributed by atoms with van der Waals surface area (Å²) in [6.45, 7) is 0.879. The average Bonchev–Trinajstić information content (AvgIpc) is 2.91. The lowest BCUT2D eigenvalue weighted by Crippen LogP contribution is -2.42. The summed E-state index contributed by atoms with van der Waals surface area (Å²) in [4.78, 5) is 14.3. The molecule has 2 atom stereocenters. The van der Waals surface area contributed by atoms with Gasteiger partial charge in [-0.25, -0.2) is 0 Å². The zero-order valence-corrected chi connectivity index (χ0v) is 15.0. The van der Waals surface area contributed by atoms with Crippen molar-refractivity contribution in [2.75, 3.05) is 13.1 Å². The summed E-state index contributed by atoms with van der Waals surface area (Å²) >= 11 is 6.12. The molecule has 27 heavy (non-hydrogen) atoms.